The van der Waals surface area contributed by atoms with Crippen LogP contribution in [0.3, 0.4) is 0 Å². The Balaban J connectivity index is 1.73. The Morgan fingerprint density at radius 3 is 2.85 bits per heavy atom. The average molecular weight is 387 g/mol. The van der Waals surface area contributed by atoms with E-state index < -0.39 is 0 Å². The van der Waals surface area contributed by atoms with Crippen LogP contribution in [0.5, 0.6) is 0 Å². The molecule has 6 nitrogen and oxygen atoms in total. The first-order valence-electron chi connectivity index (χ1n) is 9.75. The van der Waals surface area contributed by atoms with Crippen LogP contribution in [0, 0.1) is 5.92 Å². The predicted octanol–water partition coefficient (Wildman–Crippen LogP) is 3.94. The number of fused-ring (bicyclic) bond motifs is 3. The van der Waals surface area contributed by atoms with Crippen LogP contribution in [0.2, 0.25) is 0 Å². The number of thiophene rings is 1. The molecule has 1 fully saturated rings. The highest BCUT2D eigenvalue weighted by Gasteiger charge is 2.23. The summed E-state index contributed by atoms with van der Waals surface area (Å²) in [5, 5.41) is 13.7. The Morgan fingerprint density at radius 2 is 2.11 bits per heavy atom. The van der Waals surface area contributed by atoms with Gasteiger partial charge in [-0.1, -0.05) is 6.92 Å². The van der Waals surface area contributed by atoms with E-state index in [-0.39, 0.29) is 17.7 Å². The van der Waals surface area contributed by atoms with Crippen LogP contribution >= 0.6 is 11.3 Å². The lowest BCUT2D eigenvalue weighted by Gasteiger charge is -2.27. The summed E-state index contributed by atoms with van der Waals surface area (Å²) in [7, 11) is 0. The third-order valence-electron chi connectivity index (χ3n) is 5.56. The van der Waals surface area contributed by atoms with Gasteiger partial charge in [-0.25, -0.2) is 9.97 Å². The SMILES string of the molecule is CC(O)CCNc1ccnc2sc3c(=O)n(C4CCC(C)CC4)cnc3c12. The van der Waals surface area contributed by atoms with Crippen molar-refractivity contribution < 1.29 is 5.11 Å². The Labute approximate surface area is 162 Å². The predicted molar refractivity (Wildman–Crippen MR) is 111 cm³/mol. The van der Waals surface area contributed by atoms with Gasteiger partial charge in [0.1, 0.15) is 9.53 Å². The van der Waals surface area contributed by atoms with Crippen molar-refractivity contribution in [1.82, 2.24) is 14.5 Å². The molecule has 1 aliphatic rings. The van der Waals surface area contributed by atoms with Crippen molar-refractivity contribution in [3.63, 3.8) is 0 Å². The maximum Gasteiger partial charge on any atom is 0.271 e. The van der Waals surface area contributed by atoms with Crippen molar-refractivity contribution in [2.75, 3.05) is 11.9 Å². The Bertz CT molecular complexity index is 1000. The smallest absolute Gasteiger partial charge is 0.271 e. The molecule has 0 aliphatic heterocycles. The number of nitrogens with one attached hydrogen (secondary N) is 1. The van der Waals surface area contributed by atoms with E-state index in [2.05, 4.69) is 22.2 Å². The normalized spacial score (nSPS) is 21.6. The molecule has 4 rings (SSSR count). The number of rotatable bonds is 5. The summed E-state index contributed by atoms with van der Waals surface area (Å²) < 4.78 is 2.52. The molecule has 0 aromatic carbocycles. The third-order valence-corrected chi connectivity index (χ3v) is 6.64. The molecule has 27 heavy (non-hydrogen) atoms. The molecule has 3 aromatic heterocycles. The summed E-state index contributed by atoms with van der Waals surface area (Å²) in [4.78, 5) is 23.1. The van der Waals surface area contributed by atoms with Gasteiger partial charge < -0.3 is 10.4 Å². The van der Waals surface area contributed by atoms with Crippen molar-refractivity contribution >= 4 is 37.5 Å². The molecule has 0 spiro atoms. The van der Waals surface area contributed by atoms with E-state index in [9.17, 15) is 9.90 Å². The van der Waals surface area contributed by atoms with Crippen LogP contribution in [0.15, 0.2) is 23.4 Å². The van der Waals surface area contributed by atoms with Crippen molar-refractivity contribution in [1.29, 1.82) is 0 Å². The molecule has 0 saturated heterocycles. The molecule has 3 heterocycles. The van der Waals surface area contributed by atoms with Gasteiger partial charge in [0.2, 0.25) is 0 Å². The van der Waals surface area contributed by atoms with Gasteiger partial charge in [0.25, 0.3) is 5.56 Å². The van der Waals surface area contributed by atoms with Crippen molar-refractivity contribution in [3.05, 3.63) is 28.9 Å². The number of anilines is 1. The summed E-state index contributed by atoms with van der Waals surface area (Å²) in [6.45, 7) is 4.72. The molecule has 1 aliphatic carbocycles. The number of nitrogens with zero attached hydrogens (tertiary/aromatic N) is 3. The number of hydrogen-bond donors (Lipinski definition) is 2. The number of hydrogen-bond acceptors (Lipinski definition) is 6. The first-order valence-corrected chi connectivity index (χ1v) is 10.6. The molecular weight excluding hydrogens is 360 g/mol. The molecule has 0 radical (unpaired) electrons. The lowest BCUT2D eigenvalue weighted by molar-refractivity contribution is 0.189. The summed E-state index contributed by atoms with van der Waals surface area (Å²) >= 11 is 1.42. The zero-order valence-corrected chi connectivity index (χ0v) is 16.6. The molecule has 144 valence electrons. The Kier molecular flexibility index (Phi) is 5.14. The minimum Gasteiger partial charge on any atom is -0.393 e. The van der Waals surface area contributed by atoms with Crippen molar-refractivity contribution in [2.45, 2.75) is 58.1 Å². The van der Waals surface area contributed by atoms with Crippen LogP contribution in [-0.2, 0) is 0 Å². The lowest BCUT2D eigenvalue weighted by atomic mass is 9.87. The van der Waals surface area contributed by atoms with Crippen molar-refractivity contribution in [3.8, 4) is 0 Å². The van der Waals surface area contributed by atoms with Crippen molar-refractivity contribution in [2.24, 2.45) is 5.92 Å². The molecule has 3 aromatic rings. The van der Waals surface area contributed by atoms with E-state index in [1.54, 1.807) is 19.4 Å². The highest BCUT2D eigenvalue weighted by molar-refractivity contribution is 7.25. The molecule has 0 bridgehead atoms. The summed E-state index contributed by atoms with van der Waals surface area (Å²) in [5.74, 6) is 0.748. The fourth-order valence-corrected chi connectivity index (χ4v) is 4.97. The number of aromatic nitrogens is 3. The highest BCUT2D eigenvalue weighted by Crippen LogP contribution is 2.35. The van der Waals surface area contributed by atoms with E-state index in [0.717, 1.165) is 40.2 Å². The molecule has 1 unspecified atom stereocenters. The van der Waals surface area contributed by atoms with Crippen LogP contribution in [0.1, 0.15) is 52.0 Å². The van der Waals surface area contributed by atoms with Crippen LogP contribution in [0.25, 0.3) is 20.4 Å². The van der Waals surface area contributed by atoms with Crippen LogP contribution < -0.4 is 10.9 Å². The highest BCUT2D eigenvalue weighted by atomic mass is 32.1. The zero-order chi connectivity index (χ0) is 19.0. The molecule has 7 heteroatoms. The fourth-order valence-electron chi connectivity index (χ4n) is 3.91. The molecule has 0 amide bonds. The zero-order valence-electron chi connectivity index (χ0n) is 15.8. The van der Waals surface area contributed by atoms with Crippen LogP contribution in [-0.4, -0.2) is 32.3 Å². The third kappa shape index (κ3) is 3.58. The van der Waals surface area contributed by atoms with Gasteiger partial charge in [-0.15, -0.1) is 11.3 Å². The van der Waals surface area contributed by atoms with Gasteiger partial charge >= 0.3 is 0 Å². The Hall–Kier alpha value is -1.99. The first-order chi connectivity index (χ1) is 13.0. The summed E-state index contributed by atoms with van der Waals surface area (Å²) in [6.07, 6.45) is 8.21. The second kappa shape index (κ2) is 7.56. The summed E-state index contributed by atoms with van der Waals surface area (Å²) in [6, 6.07) is 2.17. The van der Waals surface area contributed by atoms with E-state index in [4.69, 9.17) is 0 Å². The largest absolute Gasteiger partial charge is 0.393 e. The van der Waals surface area contributed by atoms with E-state index >= 15 is 0 Å². The van der Waals surface area contributed by atoms with E-state index in [0.29, 0.717) is 17.7 Å². The Morgan fingerprint density at radius 1 is 1.33 bits per heavy atom. The maximum absolute atomic E-state index is 13.1. The van der Waals surface area contributed by atoms with Gasteiger partial charge in [-0.2, -0.15) is 0 Å². The molecular formula is C20H26N4O2S. The summed E-state index contributed by atoms with van der Waals surface area (Å²) in [5.41, 5.74) is 1.70. The number of pyridine rings is 1. The topological polar surface area (TPSA) is 80.0 Å². The van der Waals surface area contributed by atoms with Crippen LogP contribution in [0.4, 0.5) is 5.69 Å². The van der Waals surface area contributed by atoms with Gasteiger partial charge in [0.05, 0.1) is 23.3 Å². The lowest BCUT2D eigenvalue weighted by Crippen LogP contribution is -2.27. The van der Waals surface area contributed by atoms with Gasteiger partial charge in [-0.3, -0.25) is 9.36 Å². The monoisotopic (exact) mass is 386 g/mol. The second-order valence-electron chi connectivity index (χ2n) is 7.75. The fraction of sp³-hybridized carbons (Fsp3) is 0.550. The number of aliphatic hydroxyl groups excluding tert-OH is 1. The molecule has 1 atom stereocenters. The van der Waals surface area contributed by atoms with Gasteiger partial charge in [-0.05, 0) is 51.0 Å². The maximum atomic E-state index is 13.1. The molecule has 2 N–H and O–H groups in total. The van der Waals surface area contributed by atoms with Gasteiger partial charge in [0, 0.05) is 24.5 Å². The standard InChI is InChI=1S/C20H26N4O2S/c1-12-3-5-14(6-4-12)24-11-23-17-16-15(21-9-7-13(2)25)8-10-22-19(16)27-18(17)20(24)26/h8,10-14,25H,3-7,9H2,1-2H3,(H,21,22). The minimum atomic E-state index is -0.349. The van der Waals surface area contributed by atoms with E-state index in [1.807, 2.05) is 10.6 Å². The van der Waals surface area contributed by atoms with Gasteiger partial charge in [0.15, 0.2) is 0 Å². The second-order valence-corrected chi connectivity index (χ2v) is 8.75. The van der Waals surface area contributed by atoms with E-state index in [1.165, 1.54) is 24.2 Å². The minimum absolute atomic E-state index is 0.0532. The quantitative estimate of drug-likeness (QED) is 0.694. The average Bonchev–Trinajstić information content (AvgIpc) is 3.03. The molecule has 1 saturated carbocycles. The number of aliphatic hydroxyl groups is 1. The first kappa shape index (κ1) is 18.4.